The van der Waals surface area contributed by atoms with Gasteiger partial charge in [-0.15, -0.1) is 0 Å². The molecule has 5 nitrogen and oxygen atoms in total. The van der Waals surface area contributed by atoms with Crippen molar-refractivity contribution in [3.05, 3.63) is 18.2 Å². The SMILES string of the molecule is CC(CN1CCCC1=O)NCc1cnc[nH]1. The predicted molar refractivity (Wildman–Crippen MR) is 60.7 cm³/mol. The molecule has 1 amide bonds. The molecule has 16 heavy (non-hydrogen) atoms. The number of aromatic amines is 1. The molecule has 2 N–H and O–H groups in total. The van der Waals surface area contributed by atoms with Crippen LogP contribution in [0.1, 0.15) is 25.5 Å². The van der Waals surface area contributed by atoms with Gasteiger partial charge in [0, 0.05) is 44.0 Å². The minimum Gasteiger partial charge on any atom is -0.347 e. The van der Waals surface area contributed by atoms with Gasteiger partial charge >= 0.3 is 0 Å². The topological polar surface area (TPSA) is 61.0 Å². The molecule has 0 saturated carbocycles. The number of aromatic nitrogens is 2. The second kappa shape index (κ2) is 5.12. The first-order valence-corrected chi connectivity index (χ1v) is 5.74. The third kappa shape index (κ3) is 2.82. The van der Waals surface area contributed by atoms with Crippen molar-refractivity contribution in [3.63, 3.8) is 0 Å². The Hall–Kier alpha value is -1.36. The number of likely N-dealkylation sites (tertiary alicyclic amines) is 1. The van der Waals surface area contributed by atoms with Crippen LogP contribution in [0, 0.1) is 0 Å². The quantitative estimate of drug-likeness (QED) is 0.763. The standard InChI is InChI=1S/C11H18N4O/c1-9(7-15-4-2-3-11(15)16)13-6-10-5-12-8-14-10/h5,8-9,13H,2-4,6-7H2,1H3,(H,12,14). The molecule has 0 spiro atoms. The zero-order valence-corrected chi connectivity index (χ0v) is 9.57. The lowest BCUT2D eigenvalue weighted by Crippen LogP contribution is -2.39. The van der Waals surface area contributed by atoms with Crippen molar-refractivity contribution < 1.29 is 4.79 Å². The normalized spacial score (nSPS) is 18.1. The summed E-state index contributed by atoms with van der Waals surface area (Å²) in [6.07, 6.45) is 5.20. The Bertz CT molecular complexity index is 336. The van der Waals surface area contributed by atoms with Gasteiger partial charge in [0.25, 0.3) is 0 Å². The molecule has 0 aromatic carbocycles. The zero-order chi connectivity index (χ0) is 11.4. The Kier molecular flexibility index (Phi) is 3.56. The van der Waals surface area contributed by atoms with Crippen molar-refractivity contribution in [2.75, 3.05) is 13.1 Å². The molecular formula is C11H18N4O. The molecule has 5 heteroatoms. The predicted octanol–water partition coefficient (Wildman–Crippen LogP) is 0.510. The fourth-order valence-corrected chi connectivity index (χ4v) is 1.96. The second-order valence-corrected chi connectivity index (χ2v) is 4.30. The van der Waals surface area contributed by atoms with Gasteiger partial charge in [0.2, 0.25) is 5.91 Å². The minimum absolute atomic E-state index is 0.287. The smallest absolute Gasteiger partial charge is 0.222 e. The lowest BCUT2D eigenvalue weighted by atomic mass is 10.3. The van der Waals surface area contributed by atoms with Gasteiger partial charge < -0.3 is 15.2 Å². The van der Waals surface area contributed by atoms with Gasteiger partial charge in [-0.1, -0.05) is 0 Å². The fraction of sp³-hybridized carbons (Fsp3) is 0.636. The van der Waals surface area contributed by atoms with Crippen LogP contribution in [0.3, 0.4) is 0 Å². The van der Waals surface area contributed by atoms with E-state index in [0.29, 0.717) is 12.5 Å². The van der Waals surface area contributed by atoms with E-state index in [1.807, 2.05) is 4.90 Å². The van der Waals surface area contributed by atoms with E-state index < -0.39 is 0 Å². The van der Waals surface area contributed by atoms with Crippen LogP contribution in [0.5, 0.6) is 0 Å². The lowest BCUT2D eigenvalue weighted by Gasteiger charge is -2.21. The van der Waals surface area contributed by atoms with Gasteiger partial charge in [-0.3, -0.25) is 4.79 Å². The van der Waals surface area contributed by atoms with Crippen molar-refractivity contribution in [2.45, 2.75) is 32.4 Å². The number of carbonyl (C=O) groups excluding carboxylic acids is 1. The first kappa shape index (κ1) is 11.1. The van der Waals surface area contributed by atoms with Gasteiger partial charge in [-0.25, -0.2) is 4.98 Å². The zero-order valence-electron chi connectivity index (χ0n) is 9.57. The molecule has 1 aliphatic rings. The van der Waals surface area contributed by atoms with Crippen LogP contribution in [-0.2, 0) is 11.3 Å². The maximum atomic E-state index is 11.4. The number of rotatable bonds is 5. The molecule has 1 aliphatic heterocycles. The summed E-state index contributed by atoms with van der Waals surface area (Å²) >= 11 is 0. The second-order valence-electron chi connectivity index (χ2n) is 4.30. The largest absolute Gasteiger partial charge is 0.347 e. The van der Waals surface area contributed by atoms with Crippen molar-refractivity contribution >= 4 is 5.91 Å². The molecule has 1 saturated heterocycles. The molecule has 1 unspecified atom stereocenters. The summed E-state index contributed by atoms with van der Waals surface area (Å²) in [6, 6.07) is 0.311. The molecule has 0 bridgehead atoms. The fourth-order valence-electron chi connectivity index (χ4n) is 1.96. The first-order chi connectivity index (χ1) is 7.75. The molecule has 2 rings (SSSR count). The highest BCUT2D eigenvalue weighted by Gasteiger charge is 2.21. The number of hydrogen-bond donors (Lipinski definition) is 2. The summed E-state index contributed by atoms with van der Waals surface area (Å²) in [6.45, 7) is 4.58. The van der Waals surface area contributed by atoms with Crippen LogP contribution in [0.15, 0.2) is 12.5 Å². The van der Waals surface area contributed by atoms with Gasteiger partial charge in [-0.2, -0.15) is 0 Å². The van der Waals surface area contributed by atoms with Gasteiger partial charge in [0.05, 0.1) is 6.33 Å². The van der Waals surface area contributed by atoms with E-state index in [9.17, 15) is 4.79 Å². The van der Waals surface area contributed by atoms with Gasteiger partial charge in [-0.05, 0) is 13.3 Å². The van der Waals surface area contributed by atoms with E-state index in [0.717, 1.165) is 31.7 Å². The maximum Gasteiger partial charge on any atom is 0.222 e. The number of H-pyrrole nitrogens is 1. The van der Waals surface area contributed by atoms with Gasteiger partial charge in [0.1, 0.15) is 0 Å². The highest BCUT2D eigenvalue weighted by atomic mass is 16.2. The molecule has 1 aromatic heterocycles. The molecule has 88 valence electrons. The molecular weight excluding hydrogens is 204 g/mol. The Morgan fingerprint density at radius 2 is 2.56 bits per heavy atom. The summed E-state index contributed by atoms with van der Waals surface area (Å²) in [5, 5.41) is 3.37. The number of carbonyl (C=O) groups is 1. The van der Waals surface area contributed by atoms with E-state index >= 15 is 0 Å². The van der Waals surface area contributed by atoms with Crippen molar-refractivity contribution in [1.29, 1.82) is 0 Å². The Balaban J connectivity index is 1.72. The summed E-state index contributed by atoms with van der Waals surface area (Å²) in [4.78, 5) is 20.4. The number of amides is 1. The minimum atomic E-state index is 0.287. The van der Waals surface area contributed by atoms with E-state index in [-0.39, 0.29) is 5.91 Å². The summed E-state index contributed by atoms with van der Waals surface area (Å²) in [5.41, 5.74) is 1.07. The van der Waals surface area contributed by atoms with E-state index in [1.54, 1.807) is 12.5 Å². The van der Waals surface area contributed by atoms with Crippen LogP contribution in [0.2, 0.25) is 0 Å². The first-order valence-electron chi connectivity index (χ1n) is 5.74. The van der Waals surface area contributed by atoms with Crippen LogP contribution in [0.25, 0.3) is 0 Å². The third-order valence-corrected chi connectivity index (χ3v) is 2.86. The lowest BCUT2D eigenvalue weighted by molar-refractivity contribution is -0.127. The summed E-state index contributed by atoms with van der Waals surface area (Å²) in [5.74, 6) is 0.287. The number of nitrogens with zero attached hydrogens (tertiary/aromatic N) is 2. The Labute approximate surface area is 95.2 Å². The van der Waals surface area contributed by atoms with Crippen molar-refractivity contribution in [1.82, 2.24) is 20.2 Å². The summed E-state index contributed by atoms with van der Waals surface area (Å²) < 4.78 is 0. The van der Waals surface area contributed by atoms with Gasteiger partial charge in [0.15, 0.2) is 0 Å². The molecule has 1 aromatic rings. The highest BCUT2D eigenvalue weighted by molar-refractivity contribution is 5.78. The van der Waals surface area contributed by atoms with Crippen LogP contribution < -0.4 is 5.32 Å². The van der Waals surface area contributed by atoms with Crippen LogP contribution >= 0.6 is 0 Å². The molecule has 0 radical (unpaired) electrons. The number of hydrogen-bond acceptors (Lipinski definition) is 3. The third-order valence-electron chi connectivity index (χ3n) is 2.86. The monoisotopic (exact) mass is 222 g/mol. The van der Waals surface area contributed by atoms with Crippen LogP contribution in [-0.4, -0.2) is 39.9 Å². The molecule has 1 fully saturated rings. The molecule has 2 heterocycles. The average molecular weight is 222 g/mol. The van der Waals surface area contributed by atoms with Crippen molar-refractivity contribution in [2.24, 2.45) is 0 Å². The van der Waals surface area contributed by atoms with E-state index in [2.05, 4.69) is 22.2 Å². The average Bonchev–Trinajstić information content (AvgIpc) is 2.88. The Morgan fingerprint density at radius 1 is 1.69 bits per heavy atom. The molecule has 1 atom stereocenters. The number of nitrogens with one attached hydrogen (secondary N) is 2. The van der Waals surface area contributed by atoms with Crippen LogP contribution in [0.4, 0.5) is 0 Å². The van der Waals surface area contributed by atoms with E-state index in [1.165, 1.54) is 0 Å². The summed E-state index contributed by atoms with van der Waals surface area (Å²) in [7, 11) is 0. The van der Waals surface area contributed by atoms with Crippen molar-refractivity contribution in [3.8, 4) is 0 Å². The highest BCUT2D eigenvalue weighted by Crippen LogP contribution is 2.09. The van der Waals surface area contributed by atoms with E-state index in [4.69, 9.17) is 0 Å². The maximum absolute atomic E-state index is 11.4. The number of imidazole rings is 1. The molecule has 0 aliphatic carbocycles. The Morgan fingerprint density at radius 3 is 3.19 bits per heavy atom.